The highest BCUT2D eigenvalue weighted by molar-refractivity contribution is 6.07. The number of hydrogen-bond donors (Lipinski definition) is 2. The number of hydrogen-bond acceptors (Lipinski definition) is 10. The first-order valence-corrected chi connectivity index (χ1v) is 9.95. The van der Waals surface area contributed by atoms with E-state index in [1.54, 1.807) is 34.6 Å². The van der Waals surface area contributed by atoms with Crippen LogP contribution in [0.5, 0.6) is 0 Å². The molecule has 0 fully saturated rings. The van der Waals surface area contributed by atoms with E-state index in [0.29, 0.717) is 16.8 Å². The topological polar surface area (TPSA) is 160 Å². The number of ether oxygens (including phenoxy) is 3. The number of nitrogens with one attached hydrogen (secondary N) is 1. The minimum absolute atomic E-state index is 0.00236. The summed E-state index contributed by atoms with van der Waals surface area (Å²) in [6, 6.07) is 0. The Labute approximate surface area is 183 Å². The Morgan fingerprint density at radius 1 is 0.938 bits per heavy atom. The molecular formula is C21H24N4O7. The summed E-state index contributed by atoms with van der Waals surface area (Å²) in [4.78, 5) is 48.1. The molecule has 0 amide bonds. The van der Waals surface area contributed by atoms with Crippen LogP contribution in [0.25, 0.3) is 11.1 Å². The summed E-state index contributed by atoms with van der Waals surface area (Å²) in [7, 11) is 0. The van der Waals surface area contributed by atoms with Crippen molar-refractivity contribution in [1.29, 1.82) is 0 Å². The van der Waals surface area contributed by atoms with Gasteiger partial charge in [0.2, 0.25) is 5.71 Å². The van der Waals surface area contributed by atoms with Crippen LogP contribution in [0.3, 0.4) is 0 Å². The minimum Gasteiger partial charge on any atom is -0.462 e. The Hall–Kier alpha value is -3.89. The second-order valence-corrected chi connectivity index (χ2v) is 6.88. The van der Waals surface area contributed by atoms with Crippen molar-refractivity contribution in [3.8, 4) is 0 Å². The molecule has 0 aliphatic heterocycles. The van der Waals surface area contributed by atoms with Gasteiger partial charge >= 0.3 is 17.9 Å². The van der Waals surface area contributed by atoms with E-state index in [1.807, 2.05) is 0 Å². The maximum absolute atomic E-state index is 12.6. The molecule has 0 radical (unpaired) electrons. The van der Waals surface area contributed by atoms with Crippen molar-refractivity contribution in [3.63, 3.8) is 0 Å². The molecule has 0 bridgehead atoms. The Balaban J connectivity index is 1.83. The molecule has 3 N–H and O–H groups in total. The molecule has 170 valence electrons. The Morgan fingerprint density at radius 3 is 2.19 bits per heavy atom. The molecule has 0 saturated carbocycles. The van der Waals surface area contributed by atoms with Gasteiger partial charge in [-0.15, -0.1) is 0 Å². The van der Waals surface area contributed by atoms with Gasteiger partial charge in [0.15, 0.2) is 12.4 Å². The molecule has 0 spiro atoms. The highest BCUT2D eigenvalue weighted by atomic mass is 16.5. The second kappa shape index (κ2) is 9.08. The molecule has 0 atom stereocenters. The molecule has 3 rings (SSSR count). The zero-order valence-corrected chi connectivity index (χ0v) is 18.5. The van der Waals surface area contributed by atoms with Gasteiger partial charge in [-0.05, 0) is 40.2 Å². The zero-order chi connectivity index (χ0) is 23.6. The Kier molecular flexibility index (Phi) is 6.47. The number of carbonyl (C=O) groups excluding carboxylic acids is 3. The van der Waals surface area contributed by atoms with Crippen molar-refractivity contribution in [2.45, 2.75) is 41.2 Å². The van der Waals surface area contributed by atoms with Gasteiger partial charge in [-0.25, -0.2) is 19.4 Å². The molecule has 11 nitrogen and oxygen atoms in total. The van der Waals surface area contributed by atoms with Crippen LogP contribution in [-0.4, -0.2) is 46.1 Å². The van der Waals surface area contributed by atoms with E-state index in [-0.39, 0.29) is 59.6 Å². The lowest BCUT2D eigenvalue weighted by molar-refractivity contribution is 0.0454. The largest absolute Gasteiger partial charge is 0.462 e. The van der Waals surface area contributed by atoms with Crippen LogP contribution in [0.15, 0.2) is 4.42 Å². The summed E-state index contributed by atoms with van der Waals surface area (Å²) in [6.07, 6.45) is 0. The predicted octanol–water partition coefficient (Wildman–Crippen LogP) is 2.77. The normalized spacial score (nSPS) is 10.9. The number of rotatable bonds is 7. The van der Waals surface area contributed by atoms with Crippen LogP contribution in [0.2, 0.25) is 0 Å². The first kappa shape index (κ1) is 22.8. The van der Waals surface area contributed by atoms with E-state index in [1.165, 1.54) is 0 Å². The lowest BCUT2D eigenvalue weighted by atomic mass is 10.1. The number of esters is 3. The van der Waals surface area contributed by atoms with Gasteiger partial charge in [0.25, 0.3) is 0 Å². The lowest BCUT2D eigenvalue weighted by Gasteiger charge is -2.06. The fourth-order valence-corrected chi connectivity index (χ4v) is 3.36. The molecule has 0 unspecified atom stereocenters. The van der Waals surface area contributed by atoms with Crippen molar-refractivity contribution < 1.29 is 33.0 Å². The number of aromatic amines is 1. The van der Waals surface area contributed by atoms with E-state index in [9.17, 15) is 14.4 Å². The summed E-state index contributed by atoms with van der Waals surface area (Å²) >= 11 is 0. The molecule has 3 heterocycles. The molecule has 32 heavy (non-hydrogen) atoms. The van der Waals surface area contributed by atoms with E-state index in [2.05, 4.69) is 15.0 Å². The van der Waals surface area contributed by atoms with Crippen molar-refractivity contribution in [1.82, 2.24) is 15.0 Å². The van der Waals surface area contributed by atoms with E-state index in [0.717, 1.165) is 0 Å². The Bertz CT molecular complexity index is 1210. The first-order chi connectivity index (χ1) is 15.2. The third kappa shape index (κ3) is 4.13. The summed E-state index contributed by atoms with van der Waals surface area (Å²) in [6.45, 7) is 8.35. The van der Waals surface area contributed by atoms with E-state index in [4.69, 9.17) is 24.4 Å². The molecule has 11 heteroatoms. The van der Waals surface area contributed by atoms with Crippen molar-refractivity contribution >= 4 is 34.8 Å². The number of nitrogens with zero attached hydrogens (tertiary/aromatic N) is 2. The van der Waals surface area contributed by atoms with Gasteiger partial charge in [-0.1, -0.05) is 0 Å². The highest BCUT2D eigenvalue weighted by Gasteiger charge is 2.26. The van der Waals surface area contributed by atoms with Gasteiger partial charge in [-0.3, -0.25) is 0 Å². The number of fused-ring (bicyclic) bond motifs is 1. The maximum atomic E-state index is 12.6. The molecule has 0 aromatic carbocycles. The summed E-state index contributed by atoms with van der Waals surface area (Å²) < 4.78 is 20.9. The highest BCUT2D eigenvalue weighted by Crippen LogP contribution is 2.29. The van der Waals surface area contributed by atoms with Crippen LogP contribution in [0.1, 0.15) is 67.9 Å². The quantitative estimate of drug-likeness (QED) is 0.409. The van der Waals surface area contributed by atoms with Crippen LogP contribution >= 0.6 is 0 Å². The van der Waals surface area contributed by atoms with Crippen molar-refractivity contribution in [2.75, 3.05) is 18.9 Å². The summed E-state index contributed by atoms with van der Waals surface area (Å²) in [5.74, 6) is -1.45. The maximum Gasteiger partial charge on any atom is 0.355 e. The number of H-pyrrole nitrogens is 1. The number of nitrogens with two attached hydrogens (primary N) is 1. The average molecular weight is 444 g/mol. The second-order valence-electron chi connectivity index (χ2n) is 6.88. The van der Waals surface area contributed by atoms with Gasteiger partial charge in [0.05, 0.1) is 24.2 Å². The summed E-state index contributed by atoms with van der Waals surface area (Å²) in [5, 5.41) is 0.242. The van der Waals surface area contributed by atoms with Crippen LogP contribution in [-0.2, 0) is 20.8 Å². The SMILES string of the molecule is CCOC(=O)c1c(C)[nH]c(C(=O)OCc2nc(N)c3c(C(=O)OCC)c(C)oc3n2)c1C. The fourth-order valence-electron chi connectivity index (χ4n) is 3.36. The lowest BCUT2D eigenvalue weighted by Crippen LogP contribution is -2.11. The van der Waals surface area contributed by atoms with Crippen LogP contribution in [0, 0.1) is 20.8 Å². The predicted molar refractivity (Wildman–Crippen MR) is 112 cm³/mol. The van der Waals surface area contributed by atoms with E-state index >= 15 is 0 Å². The van der Waals surface area contributed by atoms with Crippen LogP contribution < -0.4 is 5.73 Å². The molecule has 0 aliphatic carbocycles. The fraction of sp³-hybridized carbons (Fsp3) is 0.381. The molecule has 3 aromatic rings. The monoisotopic (exact) mass is 444 g/mol. The van der Waals surface area contributed by atoms with Crippen molar-refractivity contribution in [2.24, 2.45) is 0 Å². The number of carbonyl (C=O) groups is 3. The van der Waals surface area contributed by atoms with Gasteiger partial charge < -0.3 is 29.3 Å². The average Bonchev–Trinajstić information content (AvgIpc) is 3.22. The van der Waals surface area contributed by atoms with Crippen LogP contribution in [0.4, 0.5) is 5.82 Å². The van der Waals surface area contributed by atoms with Gasteiger partial charge in [-0.2, -0.15) is 4.98 Å². The number of furan rings is 1. The molecule has 0 aliphatic rings. The summed E-state index contributed by atoms with van der Waals surface area (Å²) in [5.41, 5.74) is 7.58. The molecule has 3 aromatic heterocycles. The number of aromatic nitrogens is 3. The third-order valence-electron chi connectivity index (χ3n) is 4.74. The molecular weight excluding hydrogens is 420 g/mol. The third-order valence-corrected chi connectivity index (χ3v) is 4.74. The van der Waals surface area contributed by atoms with E-state index < -0.39 is 17.9 Å². The number of nitrogen functional groups attached to an aromatic ring is 1. The smallest absolute Gasteiger partial charge is 0.355 e. The number of aryl methyl sites for hydroxylation is 2. The van der Waals surface area contributed by atoms with Gasteiger partial charge in [0, 0.05) is 5.69 Å². The standard InChI is InChI=1S/C21H24N4O7/c1-6-29-19(26)13-9(3)16(23-10(13)4)21(28)31-8-12-24-17(22)15-14(20(27)30-7-2)11(5)32-18(15)25-12/h23H,6-8H2,1-5H3,(H2,22,24,25). The minimum atomic E-state index is -0.703. The molecule has 0 saturated heterocycles. The first-order valence-electron chi connectivity index (χ1n) is 9.95. The number of anilines is 1. The van der Waals surface area contributed by atoms with Crippen molar-refractivity contribution in [3.05, 3.63) is 39.7 Å². The Morgan fingerprint density at radius 2 is 1.56 bits per heavy atom. The van der Waals surface area contributed by atoms with Gasteiger partial charge in [0.1, 0.15) is 22.8 Å². The zero-order valence-electron chi connectivity index (χ0n) is 18.5.